The molecule has 0 spiro atoms. The Morgan fingerprint density at radius 3 is 2.37 bits per heavy atom. The Bertz CT molecular complexity index is 541. The Hall–Kier alpha value is -1.50. The molecule has 0 aliphatic carbocycles. The number of benzene rings is 1. The summed E-state index contributed by atoms with van der Waals surface area (Å²) < 4.78 is 11.4. The van der Waals surface area contributed by atoms with Crippen molar-refractivity contribution in [3.8, 4) is 11.5 Å². The van der Waals surface area contributed by atoms with E-state index in [4.69, 9.17) is 14.6 Å². The fourth-order valence-electron chi connectivity index (χ4n) is 3.29. The summed E-state index contributed by atoms with van der Waals surface area (Å²) in [7, 11) is 1.91. The average Bonchev–Trinajstić information content (AvgIpc) is 2.86. The van der Waals surface area contributed by atoms with Crippen molar-refractivity contribution in [2.24, 2.45) is 0 Å². The van der Waals surface area contributed by atoms with E-state index in [9.17, 15) is 4.79 Å². The molecular formula is C20H33ClN2O4. The number of likely N-dealkylation sites (tertiary alicyclic amines) is 1. The van der Waals surface area contributed by atoms with E-state index >= 15 is 0 Å². The Labute approximate surface area is 168 Å². The van der Waals surface area contributed by atoms with Gasteiger partial charge in [0, 0.05) is 12.6 Å². The molecule has 0 saturated carbocycles. The first-order valence-corrected chi connectivity index (χ1v) is 9.58. The van der Waals surface area contributed by atoms with Crippen LogP contribution >= 0.6 is 12.4 Å². The topological polar surface area (TPSA) is 62.2 Å². The molecule has 1 aliphatic rings. The largest absolute Gasteiger partial charge is 0.494 e. The second-order valence-electron chi connectivity index (χ2n) is 6.90. The molecule has 1 saturated heterocycles. The van der Waals surface area contributed by atoms with E-state index in [1.165, 1.54) is 0 Å². The standard InChI is InChI=1S/C20H32N2O4.ClH/c1-3-14-25-18-6-8-19(9-7-18)26-15-13-22-11-4-5-17(10-12-22)21(2)16-20(23)24;/h6-9,17H,3-5,10-16H2,1-2H3,(H,23,24);1H. The molecule has 1 fully saturated rings. The van der Waals surface area contributed by atoms with Crippen molar-refractivity contribution in [1.29, 1.82) is 0 Å². The normalized spacial score (nSPS) is 17.8. The highest BCUT2D eigenvalue weighted by atomic mass is 35.5. The smallest absolute Gasteiger partial charge is 0.317 e. The van der Waals surface area contributed by atoms with E-state index in [-0.39, 0.29) is 19.0 Å². The van der Waals surface area contributed by atoms with Crippen molar-refractivity contribution < 1.29 is 19.4 Å². The first-order valence-electron chi connectivity index (χ1n) is 9.58. The lowest BCUT2D eigenvalue weighted by molar-refractivity contribution is -0.138. The van der Waals surface area contributed by atoms with E-state index in [0.29, 0.717) is 12.6 Å². The SMILES string of the molecule is CCCOc1ccc(OCCN2CCCC(N(C)CC(=O)O)CC2)cc1.Cl. The van der Waals surface area contributed by atoms with Crippen LogP contribution in [0.5, 0.6) is 11.5 Å². The third-order valence-corrected chi connectivity index (χ3v) is 4.77. The van der Waals surface area contributed by atoms with Crippen LogP contribution in [0.15, 0.2) is 24.3 Å². The Morgan fingerprint density at radius 1 is 1.15 bits per heavy atom. The van der Waals surface area contributed by atoms with Crippen molar-refractivity contribution >= 4 is 18.4 Å². The fourth-order valence-corrected chi connectivity index (χ4v) is 3.29. The van der Waals surface area contributed by atoms with E-state index < -0.39 is 5.97 Å². The van der Waals surface area contributed by atoms with Gasteiger partial charge in [-0.05, 0) is 70.1 Å². The second kappa shape index (κ2) is 12.8. The van der Waals surface area contributed by atoms with Crippen molar-refractivity contribution in [3.05, 3.63) is 24.3 Å². The van der Waals surface area contributed by atoms with Gasteiger partial charge >= 0.3 is 5.97 Å². The molecule has 1 atom stereocenters. The second-order valence-corrected chi connectivity index (χ2v) is 6.90. The third kappa shape index (κ3) is 8.82. The number of hydrogen-bond donors (Lipinski definition) is 1. The monoisotopic (exact) mass is 400 g/mol. The first kappa shape index (κ1) is 23.5. The summed E-state index contributed by atoms with van der Waals surface area (Å²) in [6.45, 7) is 6.52. The molecule has 6 nitrogen and oxygen atoms in total. The van der Waals surface area contributed by atoms with E-state index in [2.05, 4.69) is 11.8 Å². The molecule has 1 aromatic carbocycles. The van der Waals surface area contributed by atoms with E-state index in [0.717, 1.165) is 63.4 Å². The van der Waals surface area contributed by atoms with Gasteiger partial charge in [-0.1, -0.05) is 6.92 Å². The summed E-state index contributed by atoms with van der Waals surface area (Å²) in [5.74, 6) is 0.985. The van der Waals surface area contributed by atoms with Gasteiger partial charge in [-0.15, -0.1) is 12.4 Å². The number of aliphatic carboxylic acids is 1. The van der Waals surface area contributed by atoms with Gasteiger partial charge in [-0.3, -0.25) is 14.6 Å². The third-order valence-electron chi connectivity index (χ3n) is 4.77. The molecule has 1 aromatic rings. The van der Waals surface area contributed by atoms with Gasteiger partial charge in [-0.2, -0.15) is 0 Å². The molecule has 7 heteroatoms. The van der Waals surface area contributed by atoms with Crippen LogP contribution < -0.4 is 9.47 Å². The summed E-state index contributed by atoms with van der Waals surface area (Å²) in [6, 6.07) is 8.14. The Morgan fingerprint density at radius 2 is 1.78 bits per heavy atom. The van der Waals surface area contributed by atoms with Crippen molar-refractivity contribution in [1.82, 2.24) is 9.80 Å². The van der Waals surface area contributed by atoms with Crippen molar-refractivity contribution in [2.45, 2.75) is 38.6 Å². The summed E-state index contributed by atoms with van der Waals surface area (Å²) >= 11 is 0. The zero-order chi connectivity index (χ0) is 18.8. The Balaban J connectivity index is 0.00000364. The maximum atomic E-state index is 10.9. The van der Waals surface area contributed by atoms with Gasteiger partial charge in [0.05, 0.1) is 13.2 Å². The average molecular weight is 401 g/mol. The summed E-state index contributed by atoms with van der Waals surface area (Å²) in [5, 5.41) is 8.94. The van der Waals surface area contributed by atoms with Gasteiger partial charge < -0.3 is 14.6 Å². The number of carbonyl (C=O) groups is 1. The minimum absolute atomic E-state index is 0. The van der Waals surface area contributed by atoms with Crippen LogP contribution in [-0.2, 0) is 4.79 Å². The van der Waals surface area contributed by atoms with Crippen LogP contribution in [-0.4, -0.2) is 73.4 Å². The summed E-state index contributed by atoms with van der Waals surface area (Å²) in [4.78, 5) is 15.2. The first-order chi connectivity index (χ1) is 12.6. The highest BCUT2D eigenvalue weighted by Crippen LogP contribution is 2.18. The molecule has 2 rings (SSSR count). The van der Waals surface area contributed by atoms with Gasteiger partial charge in [0.2, 0.25) is 0 Å². The van der Waals surface area contributed by atoms with Crippen molar-refractivity contribution in [2.75, 3.05) is 46.4 Å². The molecule has 154 valence electrons. The lowest BCUT2D eigenvalue weighted by Crippen LogP contribution is -2.37. The molecule has 27 heavy (non-hydrogen) atoms. The van der Waals surface area contributed by atoms with Crippen LogP contribution in [0.2, 0.25) is 0 Å². The molecule has 1 aliphatic heterocycles. The Kier molecular flexibility index (Phi) is 11.2. The van der Waals surface area contributed by atoms with Crippen LogP contribution in [0.1, 0.15) is 32.6 Å². The van der Waals surface area contributed by atoms with E-state index in [1.807, 2.05) is 36.2 Å². The zero-order valence-corrected chi connectivity index (χ0v) is 17.2. The summed E-state index contributed by atoms with van der Waals surface area (Å²) in [6.07, 6.45) is 4.16. The maximum absolute atomic E-state index is 10.9. The lowest BCUT2D eigenvalue weighted by atomic mass is 10.1. The number of likely N-dealkylation sites (N-methyl/N-ethyl adjacent to an activating group) is 1. The number of hydrogen-bond acceptors (Lipinski definition) is 5. The zero-order valence-electron chi connectivity index (χ0n) is 16.4. The maximum Gasteiger partial charge on any atom is 0.317 e. The van der Waals surface area contributed by atoms with Crippen LogP contribution in [0, 0.1) is 0 Å². The number of halogens is 1. The number of carboxylic acid groups (broad SMARTS) is 1. The predicted molar refractivity (Wildman–Crippen MR) is 109 cm³/mol. The minimum Gasteiger partial charge on any atom is -0.494 e. The molecule has 0 radical (unpaired) electrons. The quantitative estimate of drug-likeness (QED) is 0.651. The fraction of sp³-hybridized carbons (Fsp3) is 0.650. The minimum atomic E-state index is -0.756. The number of nitrogens with zero attached hydrogens (tertiary/aromatic N) is 2. The molecule has 0 amide bonds. The van der Waals surface area contributed by atoms with Gasteiger partial charge in [0.1, 0.15) is 18.1 Å². The molecular weight excluding hydrogens is 368 g/mol. The summed E-state index contributed by atoms with van der Waals surface area (Å²) in [5.41, 5.74) is 0. The predicted octanol–water partition coefficient (Wildman–Crippen LogP) is 3.15. The highest BCUT2D eigenvalue weighted by molar-refractivity contribution is 5.85. The molecule has 0 bridgehead atoms. The lowest BCUT2D eigenvalue weighted by Gasteiger charge is -2.25. The number of ether oxygens (including phenoxy) is 2. The number of carboxylic acids is 1. The number of rotatable bonds is 10. The van der Waals surface area contributed by atoms with Gasteiger partial charge in [0.25, 0.3) is 0 Å². The van der Waals surface area contributed by atoms with Gasteiger partial charge in [0.15, 0.2) is 0 Å². The van der Waals surface area contributed by atoms with Gasteiger partial charge in [-0.25, -0.2) is 0 Å². The van der Waals surface area contributed by atoms with E-state index in [1.54, 1.807) is 0 Å². The molecule has 1 N–H and O–H groups in total. The molecule has 1 unspecified atom stereocenters. The molecule has 1 heterocycles. The van der Waals surface area contributed by atoms with Crippen LogP contribution in [0.3, 0.4) is 0 Å². The highest BCUT2D eigenvalue weighted by Gasteiger charge is 2.21. The van der Waals surface area contributed by atoms with Crippen LogP contribution in [0.4, 0.5) is 0 Å². The van der Waals surface area contributed by atoms with Crippen LogP contribution in [0.25, 0.3) is 0 Å². The molecule has 0 aromatic heterocycles. The van der Waals surface area contributed by atoms with Crippen molar-refractivity contribution in [3.63, 3.8) is 0 Å².